The summed E-state index contributed by atoms with van der Waals surface area (Å²) < 4.78 is 37.2. The molecule has 2 N–H and O–H groups in total. The van der Waals surface area contributed by atoms with E-state index in [1.54, 1.807) is 6.07 Å². The summed E-state index contributed by atoms with van der Waals surface area (Å²) >= 11 is 0. The van der Waals surface area contributed by atoms with E-state index in [1.165, 1.54) is 22.4 Å². The number of nitrogens with one attached hydrogen (secondary N) is 1. The van der Waals surface area contributed by atoms with Crippen molar-refractivity contribution in [2.45, 2.75) is 31.7 Å². The molecule has 0 unspecified atom stereocenters. The Bertz CT molecular complexity index is 965. The molecule has 0 bridgehead atoms. The van der Waals surface area contributed by atoms with E-state index in [1.807, 2.05) is 12.1 Å². The highest BCUT2D eigenvalue weighted by molar-refractivity contribution is 5.92. The molecule has 0 radical (unpaired) electrons. The average molecular weight is 464 g/mol. The predicted molar refractivity (Wildman–Crippen MR) is 115 cm³/mol. The second-order valence-corrected chi connectivity index (χ2v) is 8.89. The van der Waals surface area contributed by atoms with Gasteiger partial charge in [0.05, 0.1) is 12.6 Å². The molecule has 2 aliphatic heterocycles. The number of β-amino-alcohol motifs (C(OH)–C–C–N with tert-alkyl or cyclic N) is 1. The van der Waals surface area contributed by atoms with Gasteiger partial charge in [-0.3, -0.25) is 14.6 Å². The van der Waals surface area contributed by atoms with Crippen LogP contribution in [0.5, 0.6) is 0 Å². The van der Waals surface area contributed by atoms with Crippen molar-refractivity contribution in [3.8, 4) is 0 Å². The van der Waals surface area contributed by atoms with E-state index >= 15 is 0 Å². The maximum atomic E-state index is 12.5. The Hall–Kier alpha value is -2.56. The molecule has 3 heterocycles. The third kappa shape index (κ3) is 6.72. The van der Waals surface area contributed by atoms with Gasteiger partial charge in [-0.2, -0.15) is 13.2 Å². The molecule has 7 nitrogen and oxygen atoms in total. The number of hydrogen-bond acceptors (Lipinski definition) is 6. The Morgan fingerprint density at radius 3 is 2.70 bits per heavy atom. The van der Waals surface area contributed by atoms with Crippen LogP contribution in [0.15, 0.2) is 36.7 Å². The van der Waals surface area contributed by atoms with Crippen molar-refractivity contribution in [2.75, 3.05) is 39.3 Å². The Balaban J connectivity index is 1.21. The summed E-state index contributed by atoms with van der Waals surface area (Å²) in [5, 5.41) is 13.1. The second-order valence-electron chi connectivity index (χ2n) is 8.89. The van der Waals surface area contributed by atoms with Crippen LogP contribution < -0.4 is 5.32 Å². The summed E-state index contributed by atoms with van der Waals surface area (Å²) in [5.74, 6) is -0.330. The number of benzene rings is 1. The number of carbonyl (C=O) groups excluding carboxylic acids is 1. The Labute approximate surface area is 190 Å². The smallest absolute Gasteiger partial charge is 0.390 e. The zero-order valence-electron chi connectivity index (χ0n) is 18.3. The van der Waals surface area contributed by atoms with E-state index in [2.05, 4.69) is 32.3 Å². The van der Waals surface area contributed by atoms with Gasteiger partial charge < -0.3 is 10.4 Å². The molecule has 0 saturated carbocycles. The molecule has 0 aliphatic carbocycles. The van der Waals surface area contributed by atoms with Crippen LogP contribution in [0, 0.1) is 5.92 Å². The van der Waals surface area contributed by atoms with Crippen molar-refractivity contribution in [2.24, 2.45) is 5.92 Å². The maximum Gasteiger partial charge on any atom is 0.401 e. The molecule has 33 heavy (non-hydrogen) atoms. The van der Waals surface area contributed by atoms with Gasteiger partial charge in [-0.05, 0) is 36.0 Å². The van der Waals surface area contributed by atoms with Crippen LogP contribution in [-0.2, 0) is 19.4 Å². The molecule has 2 aliphatic rings. The number of halogens is 3. The van der Waals surface area contributed by atoms with E-state index in [0.717, 1.165) is 19.5 Å². The molecule has 1 amide bonds. The Morgan fingerprint density at radius 2 is 1.94 bits per heavy atom. The maximum absolute atomic E-state index is 12.5. The van der Waals surface area contributed by atoms with Gasteiger partial charge in [0.2, 0.25) is 0 Å². The number of aliphatic hydroxyl groups is 1. The molecule has 178 valence electrons. The number of fused-ring (bicyclic) bond motifs is 1. The topological polar surface area (TPSA) is 81.6 Å². The normalized spacial score (nSPS) is 18.4. The number of aromatic nitrogens is 2. The summed E-state index contributed by atoms with van der Waals surface area (Å²) in [5.41, 5.74) is 3.41. The largest absolute Gasteiger partial charge is 0.401 e. The minimum atomic E-state index is -4.19. The van der Waals surface area contributed by atoms with E-state index in [4.69, 9.17) is 0 Å². The monoisotopic (exact) mass is 463 g/mol. The van der Waals surface area contributed by atoms with Gasteiger partial charge in [0, 0.05) is 45.0 Å². The molecule has 1 aromatic heterocycles. The van der Waals surface area contributed by atoms with Crippen LogP contribution in [-0.4, -0.2) is 82.3 Å². The fourth-order valence-corrected chi connectivity index (χ4v) is 4.49. The lowest BCUT2D eigenvalue weighted by atomic mass is 9.94. The van der Waals surface area contributed by atoms with Crippen LogP contribution in [0.1, 0.15) is 27.3 Å². The van der Waals surface area contributed by atoms with Crippen molar-refractivity contribution in [3.05, 3.63) is 59.2 Å². The molecular formula is C23H28F3N5O2. The van der Waals surface area contributed by atoms with E-state index in [9.17, 15) is 23.1 Å². The van der Waals surface area contributed by atoms with Crippen LogP contribution in [0.3, 0.4) is 0 Å². The number of hydrogen-bond donors (Lipinski definition) is 2. The predicted octanol–water partition coefficient (Wildman–Crippen LogP) is 1.66. The molecule has 2 aromatic rings. The lowest BCUT2D eigenvalue weighted by Crippen LogP contribution is -2.51. The SMILES string of the molecule is O=C(NC[C@H](O)CN1CCc2ccccc2C1)c1cc(CC2CN(CC(F)(F)F)C2)ncn1. The van der Waals surface area contributed by atoms with Crippen LogP contribution in [0.25, 0.3) is 0 Å². The Kier molecular flexibility index (Phi) is 7.26. The summed E-state index contributed by atoms with van der Waals surface area (Å²) in [7, 11) is 0. The van der Waals surface area contributed by atoms with E-state index in [-0.39, 0.29) is 18.2 Å². The number of rotatable bonds is 8. The van der Waals surface area contributed by atoms with E-state index < -0.39 is 24.7 Å². The molecule has 0 spiro atoms. The summed E-state index contributed by atoms with van der Waals surface area (Å²) in [6.45, 7) is 2.02. The lowest BCUT2D eigenvalue weighted by molar-refractivity contribution is -0.158. The first kappa shape index (κ1) is 23.6. The number of aliphatic hydroxyl groups excluding tert-OH is 1. The number of alkyl halides is 3. The quantitative estimate of drug-likeness (QED) is 0.620. The van der Waals surface area contributed by atoms with Crippen molar-refractivity contribution in [3.63, 3.8) is 0 Å². The first-order valence-corrected chi connectivity index (χ1v) is 11.1. The van der Waals surface area contributed by atoms with Crippen LogP contribution in [0.2, 0.25) is 0 Å². The fraction of sp³-hybridized carbons (Fsp3) is 0.522. The molecule has 1 aromatic carbocycles. The highest BCUT2D eigenvalue weighted by atomic mass is 19.4. The number of nitrogens with zero attached hydrogens (tertiary/aromatic N) is 4. The van der Waals surface area contributed by atoms with Crippen molar-refractivity contribution in [1.82, 2.24) is 25.1 Å². The molecule has 1 fully saturated rings. The second kappa shape index (κ2) is 10.1. The molecule has 1 saturated heterocycles. The van der Waals surface area contributed by atoms with Gasteiger partial charge in [-0.1, -0.05) is 24.3 Å². The number of carbonyl (C=O) groups is 1. The molecule has 10 heteroatoms. The van der Waals surface area contributed by atoms with Gasteiger partial charge >= 0.3 is 6.18 Å². The average Bonchev–Trinajstić information content (AvgIpc) is 2.75. The van der Waals surface area contributed by atoms with Gasteiger partial charge in [-0.15, -0.1) is 0 Å². The Morgan fingerprint density at radius 1 is 1.18 bits per heavy atom. The van der Waals surface area contributed by atoms with Crippen LogP contribution in [0.4, 0.5) is 13.2 Å². The van der Waals surface area contributed by atoms with Crippen molar-refractivity contribution >= 4 is 5.91 Å². The fourth-order valence-electron chi connectivity index (χ4n) is 4.49. The number of likely N-dealkylation sites (tertiary alicyclic amines) is 1. The first-order valence-electron chi connectivity index (χ1n) is 11.1. The molecule has 1 atom stereocenters. The zero-order chi connectivity index (χ0) is 23.4. The standard InChI is InChI=1S/C23H28F3N5O2/c24-23(25,26)14-31-10-16(11-31)7-19-8-21(29-15-28-19)22(33)27-9-20(32)13-30-6-5-17-3-1-2-4-18(17)12-30/h1-4,8,15-16,20,32H,5-7,9-14H2,(H,27,33)/t20-/m0/s1. The van der Waals surface area contributed by atoms with Gasteiger partial charge in [-0.25, -0.2) is 9.97 Å². The highest BCUT2D eigenvalue weighted by Gasteiger charge is 2.37. The van der Waals surface area contributed by atoms with Gasteiger partial charge in [0.15, 0.2) is 0 Å². The zero-order valence-corrected chi connectivity index (χ0v) is 18.3. The lowest BCUT2D eigenvalue weighted by Gasteiger charge is -2.39. The summed E-state index contributed by atoms with van der Waals surface area (Å²) in [6, 6.07) is 9.84. The minimum Gasteiger partial charge on any atom is -0.390 e. The summed E-state index contributed by atoms with van der Waals surface area (Å²) in [4.78, 5) is 24.1. The molecular weight excluding hydrogens is 435 g/mol. The summed E-state index contributed by atoms with van der Waals surface area (Å²) in [6.07, 6.45) is -2.17. The van der Waals surface area contributed by atoms with Crippen LogP contribution >= 0.6 is 0 Å². The molecule has 4 rings (SSSR count). The number of amides is 1. The van der Waals surface area contributed by atoms with E-state index in [0.29, 0.717) is 31.7 Å². The van der Waals surface area contributed by atoms with Gasteiger partial charge in [0.25, 0.3) is 5.91 Å². The third-order valence-corrected chi connectivity index (χ3v) is 6.07. The van der Waals surface area contributed by atoms with Crippen molar-refractivity contribution in [1.29, 1.82) is 0 Å². The van der Waals surface area contributed by atoms with Gasteiger partial charge in [0.1, 0.15) is 12.0 Å². The third-order valence-electron chi connectivity index (χ3n) is 6.07. The van der Waals surface area contributed by atoms with Crippen molar-refractivity contribution < 1.29 is 23.1 Å². The first-order chi connectivity index (χ1) is 15.7. The minimum absolute atomic E-state index is 0.0784. The highest BCUT2D eigenvalue weighted by Crippen LogP contribution is 2.25.